The highest BCUT2D eigenvalue weighted by Crippen LogP contribution is 2.25. The lowest BCUT2D eigenvalue weighted by Crippen LogP contribution is -2.48. The zero-order valence-corrected chi connectivity index (χ0v) is 19.3. The molecule has 2 aliphatic heterocycles. The molecule has 3 heterocycles. The van der Waals surface area contributed by atoms with Crippen molar-refractivity contribution in [3.05, 3.63) is 18.0 Å². The molecule has 0 saturated carbocycles. The number of piperidine rings is 1. The first-order chi connectivity index (χ1) is 16.1. The van der Waals surface area contributed by atoms with Crippen LogP contribution in [-0.2, 0) is 27.9 Å². The molecule has 1 atom stereocenters. The average Bonchev–Trinajstić information content (AvgIpc) is 3.18. The second-order valence-corrected chi connectivity index (χ2v) is 8.05. The molecule has 1 aromatic rings. The van der Waals surface area contributed by atoms with Crippen LogP contribution in [0.2, 0.25) is 0 Å². The van der Waals surface area contributed by atoms with E-state index in [4.69, 9.17) is 24.5 Å². The third-order valence-electron chi connectivity index (χ3n) is 5.73. The van der Waals surface area contributed by atoms with Gasteiger partial charge in [-0.1, -0.05) is 0 Å². The van der Waals surface area contributed by atoms with Gasteiger partial charge in [-0.25, -0.2) is 9.59 Å². The molecule has 2 aliphatic rings. The molecule has 0 bridgehead atoms. The minimum atomic E-state index is -5.08. The third-order valence-corrected chi connectivity index (χ3v) is 5.73. The Kier molecular flexibility index (Phi) is 11.9. The number of hydrogen-bond donors (Lipinski definition) is 2. The van der Waals surface area contributed by atoms with E-state index in [0.717, 1.165) is 38.8 Å². The van der Waals surface area contributed by atoms with Crippen LogP contribution in [0.5, 0.6) is 0 Å². The number of carbonyl (C=O) groups is 2. The molecular formula is C20H30F6N4O5. The molecule has 0 amide bonds. The third kappa shape index (κ3) is 11.3. The van der Waals surface area contributed by atoms with Gasteiger partial charge in [-0.05, 0) is 44.8 Å². The van der Waals surface area contributed by atoms with Gasteiger partial charge in [-0.15, -0.1) is 0 Å². The Balaban J connectivity index is 0.000000362. The monoisotopic (exact) mass is 520 g/mol. The summed E-state index contributed by atoms with van der Waals surface area (Å²) in [5.74, 6) is -4.68. The summed E-state index contributed by atoms with van der Waals surface area (Å²) in [5, 5.41) is 18.5. The molecule has 3 rings (SSSR count). The predicted molar refractivity (Wildman–Crippen MR) is 110 cm³/mol. The van der Waals surface area contributed by atoms with Crippen molar-refractivity contribution in [1.82, 2.24) is 19.6 Å². The Bertz CT molecular complexity index is 764. The Morgan fingerprint density at radius 1 is 1.03 bits per heavy atom. The van der Waals surface area contributed by atoms with Gasteiger partial charge in [-0.3, -0.25) is 14.5 Å². The lowest BCUT2D eigenvalue weighted by atomic mass is 9.89. The normalized spacial score (nSPS) is 19.1. The van der Waals surface area contributed by atoms with Gasteiger partial charge in [0.05, 0.1) is 18.9 Å². The number of hydrogen-bond acceptors (Lipinski definition) is 6. The number of nitrogens with zero attached hydrogens (tertiary/aromatic N) is 4. The molecule has 0 aromatic carbocycles. The van der Waals surface area contributed by atoms with Crippen LogP contribution in [0.1, 0.15) is 25.5 Å². The SMILES string of the molecule is CC(C1CCN(Cc2ccnn2C)CC1)N1CCOCC1.O=C(O)C(F)(F)F.O=C(O)C(F)(F)F. The minimum Gasteiger partial charge on any atom is -0.475 e. The number of carboxylic acids is 2. The van der Waals surface area contributed by atoms with E-state index in [1.54, 1.807) is 0 Å². The molecule has 202 valence electrons. The number of morpholine rings is 1. The van der Waals surface area contributed by atoms with Crippen LogP contribution in [0.15, 0.2) is 12.3 Å². The van der Waals surface area contributed by atoms with Gasteiger partial charge in [0.2, 0.25) is 0 Å². The summed E-state index contributed by atoms with van der Waals surface area (Å²) >= 11 is 0. The summed E-state index contributed by atoms with van der Waals surface area (Å²) in [6, 6.07) is 2.83. The fraction of sp³-hybridized carbons (Fsp3) is 0.750. The van der Waals surface area contributed by atoms with E-state index in [9.17, 15) is 26.3 Å². The second kappa shape index (κ2) is 13.6. The van der Waals surface area contributed by atoms with Gasteiger partial charge >= 0.3 is 24.3 Å². The van der Waals surface area contributed by atoms with Crippen LogP contribution in [-0.4, -0.2) is 99.5 Å². The molecule has 35 heavy (non-hydrogen) atoms. The molecule has 9 nitrogen and oxygen atoms in total. The van der Waals surface area contributed by atoms with E-state index >= 15 is 0 Å². The van der Waals surface area contributed by atoms with Crippen molar-refractivity contribution in [1.29, 1.82) is 0 Å². The summed E-state index contributed by atoms with van der Waals surface area (Å²) in [7, 11) is 2.03. The van der Waals surface area contributed by atoms with Gasteiger partial charge < -0.3 is 14.9 Å². The fourth-order valence-electron chi connectivity index (χ4n) is 3.66. The van der Waals surface area contributed by atoms with E-state index in [1.807, 2.05) is 17.9 Å². The van der Waals surface area contributed by atoms with Crippen LogP contribution < -0.4 is 0 Å². The van der Waals surface area contributed by atoms with Gasteiger partial charge in [0, 0.05) is 38.9 Å². The van der Waals surface area contributed by atoms with Gasteiger partial charge in [-0.2, -0.15) is 31.4 Å². The first kappa shape index (κ1) is 30.6. The fourth-order valence-corrected chi connectivity index (χ4v) is 3.66. The Morgan fingerprint density at radius 3 is 1.86 bits per heavy atom. The van der Waals surface area contributed by atoms with Crippen molar-refractivity contribution in [3.8, 4) is 0 Å². The van der Waals surface area contributed by atoms with Crippen LogP contribution in [0.3, 0.4) is 0 Å². The van der Waals surface area contributed by atoms with E-state index in [2.05, 4.69) is 27.9 Å². The molecule has 1 aromatic heterocycles. The van der Waals surface area contributed by atoms with Crippen molar-refractivity contribution in [2.75, 3.05) is 39.4 Å². The molecule has 2 saturated heterocycles. The zero-order chi connectivity index (χ0) is 26.8. The number of carboxylic acid groups (broad SMARTS) is 2. The highest BCUT2D eigenvalue weighted by molar-refractivity contribution is 5.73. The predicted octanol–water partition coefficient (Wildman–Crippen LogP) is 2.62. The number of halogens is 6. The van der Waals surface area contributed by atoms with Crippen molar-refractivity contribution in [2.24, 2.45) is 13.0 Å². The molecular weight excluding hydrogens is 490 g/mol. The number of rotatable bonds is 4. The molecule has 0 aliphatic carbocycles. The average molecular weight is 520 g/mol. The van der Waals surface area contributed by atoms with Gasteiger partial charge in [0.15, 0.2) is 0 Å². The maximum Gasteiger partial charge on any atom is 0.490 e. The summed E-state index contributed by atoms with van der Waals surface area (Å²) in [6.45, 7) is 9.90. The molecule has 1 unspecified atom stereocenters. The maximum absolute atomic E-state index is 10.6. The number of aliphatic carboxylic acids is 2. The number of ether oxygens (including phenoxy) is 1. The summed E-state index contributed by atoms with van der Waals surface area (Å²) in [5.41, 5.74) is 1.31. The van der Waals surface area contributed by atoms with E-state index in [1.165, 1.54) is 31.6 Å². The van der Waals surface area contributed by atoms with Crippen molar-refractivity contribution in [2.45, 2.75) is 44.7 Å². The number of aromatic nitrogens is 2. The van der Waals surface area contributed by atoms with Crippen LogP contribution in [0, 0.1) is 5.92 Å². The van der Waals surface area contributed by atoms with Gasteiger partial charge in [0.25, 0.3) is 0 Å². The highest BCUT2D eigenvalue weighted by atomic mass is 19.4. The van der Waals surface area contributed by atoms with Gasteiger partial charge in [0.1, 0.15) is 0 Å². The molecule has 0 radical (unpaired) electrons. The Morgan fingerprint density at radius 2 is 1.49 bits per heavy atom. The van der Waals surface area contributed by atoms with E-state index in [0.29, 0.717) is 6.04 Å². The lowest BCUT2D eigenvalue weighted by molar-refractivity contribution is -0.193. The van der Waals surface area contributed by atoms with Crippen LogP contribution in [0.4, 0.5) is 26.3 Å². The standard InChI is InChI=1S/C16H28N4O.2C2HF3O2/c1-14(20-9-11-21-12-10-20)15-4-7-19(8-5-15)13-16-3-6-17-18(16)2;2*3-2(4,5)1(6)7/h3,6,14-15H,4-5,7-13H2,1-2H3;2*(H,6,7). The molecule has 15 heteroatoms. The first-order valence-electron chi connectivity index (χ1n) is 10.7. The molecule has 2 fully saturated rings. The number of likely N-dealkylation sites (tertiary alicyclic amines) is 1. The number of alkyl halides is 6. The topological polar surface area (TPSA) is 108 Å². The molecule has 0 spiro atoms. The zero-order valence-electron chi connectivity index (χ0n) is 19.3. The minimum absolute atomic E-state index is 0.702. The van der Waals surface area contributed by atoms with Crippen molar-refractivity contribution >= 4 is 11.9 Å². The lowest BCUT2D eigenvalue weighted by Gasteiger charge is -2.41. The van der Waals surface area contributed by atoms with Crippen molar-refractivity contribution < 1.29 is 50.9 Å². The van der Waals surface area contributed by atoms with Crippen LogP contribution >= 0.6 is 0 Å². The highest BCUT2D eigenvalue weighted by Gasteiger charge is 2.38. The molecule has 2 N–H and O–H groups in total. The Hall–Kier alpha value is -2.39. The van der Waals surface area contributed by atoms with Crippen molar-refractivity contribution in [3.63, 3.8) is 0 Å². The Labute approximate surface area is 198 Å². The first-order valence-corrected chi connectivity index (χ1v) is 10.7. The second-order valence-electron chi connectivity index (χ2n) is 8.05. The smallest absolute Gasteiger partial charge is 0.475 e. The summed E-state index contributed by atoms with van der Waals surface area (Å²) in [6.07, 6.45) is -5.64. The summed E-state index contributed by atoms with van der Waals surface area (Å²) < 4.78 is 70.9. The summed E-state index contributed by atoms with van der Waals surface area (Å²) in [4.78, 5) is 23.0. The number of aryl methyl sites for hydroxylation is 1. The van der Waals surface area contributed by atoms with E-state index < -0.39 is 24.3 Å². The van der Waals surface area contributed by atoms with E-state index in [-0.39, 0.29) is 0 Å². The quantitative estimate of drug-likeness (QED) is 0.584. The van der Waals surface area contributed by atoms with Crippen LogP contribution in [0.25, 0.3) is 0 Å². The largest absolute Gasteiger partial charge is 0.490 e. The maximum atomic E-state index is 10.6.